The molecule has 1 atom stereocenters. The third-order valence-corrected chi connectivity index (χ3v) is 4.34. The molecule has 0 radical (unpaired) electrons. The molecule has 1 N–H and O–H groups in total. The minimum absolute atomic E-state index is 0.474. The fraction of sp³-hybridized carbons (Fsp3) is 1.00. The van der Waals surface area contributed by atoms with Crippen LogP contribution in [0.4, 0.5) is 0 Å². The van der Waals surface area contributed by atoms with E-state index in [4.69, 9.17) is 0 Å². The van der Waals surface area contributed by atoms with Gasteiger partial charge in [0.2, 0.25) is 0 Å². The highest BCUT2D eigenvalue weighted by Crippen LogP contribution is 2.34. The SMILES string of the molecule is CN1CCC(C(C)(C)CN2CCNCC2)C1. The van der Waals surface area contributed by atoms with Gasteiger partial charge in [-0.05, 0) is 31.3 Å². The maximum atomic E-state index is 3.43. The van der Waals surface area contributed by atoms with Crippen LogP contribution in [-0.4, -0.2) is 62.7 Å². The summed E-state index contributed by atoms with van der Waals surface area (Å²) in [5.41, 5.74) is 0.474. The van der Waals surface area contributed by atoms with Gasteiger partial charge in [0.05, 0.1) is 0 Å². The number of piperazine rings is 1. The summed E-state index contributed by atoms with van der Waals surface area (Å²) in [5.74, 6) is 0.882. The lowest BCUT2D eigenvalue weighted by molar-refractivity contribution is 0.111. The zero-order valence-electron chi connectivity index (χ0n) is 11.1. The standard InChI is InChI=1S/C13H27N3/c1-13(2,12-4-7-15(3)10-12)11-16-8-5-14-6-9-16/h12,14H,4-11H2,1-3H3. The third kappa shape index (κ3) is 2.96. The smallest absolute Gasteiger partial charge is 0.0108 e. The van der Waals surface area contributed by atoms with Gasteiger partial charge in [0.25, 0.3) is 0 Å². The molecule has 0 aromatic rings. The van der Waals surface area contributed by atoms with Crippen LogP contribution < -0.4 is 5.32 Å². The van der Waals surface area contributed by atoms with E-state index in [0.29, 0.717) is 5.41 Å². The topological polar surface area (TPSA) is 18.5 Å². The van der Waals surface area contributed by atoms with Crippen LogP contribution in [-0.2, 0) is 0 Å². The quantitative estimate of drug-likeness (QED) is 0.769. The van der Waals surface area contributed by atoms with Crippen LogP contribution in [0.15, 0.2) is 0 Å². The molecule has 0 bridgehead atoms. The maximum absolute atomic E-state index is 3.43. The van der Waals surface area contributed by atoms with E-state index in [1.165, 1.54) is 52.2 Å². The average Bonchev–Trinajstić information content (AvgIpc) is 2.66. The van der Waals surface area contributed by atoms with E-state index in [9.17, 15) is 0 Å². The van der Waals surface area contributed by atoms with E-state index in [-0.39, 0.29) is 0 Å². The average molecular weight is 225 g/mol. The summed E-state index contributed by atoms with van der Waals surface area (Å²) in [6.07, 6.45) is 1.38. The largest absolute Gasteiger partial charge is 0.314 e. The Hall–Kier alpha value is -0.120. The van der Waals surface area contributed by atoms with Crippen LogP contribution in [0.1, 0.15) is 20.3 Å². The number of hydrogen-bond donors (Lipinski definition) is 1. The van der Waals surface area contributed by atoms with Crippen molar-refractivity contribution in [3.8, 4) is 0 Å². The fourth-order valence-corrected chi connectivity index (χ4v) is 3.15. The first-order valence-electron chi connectivity index (χ1n) is 6.69. The van der Waals surface area contributed by atoms with Gasteiger partial charge < -0.3 is 15.1 Å². The van der Waals surface area contributed by atoms with Crippen molar-refractivity contribution in [3.63, 3.8) is 0 Å². The fourth-order valence-electron chi connectivity index (χ4n) is 3.15. The molecule has 2 saturated heterocycles. The molecule has 0 spiro atoms. The van der Waals surface area contributed by atoms with Crippen molar-refractivity contribution in [2.45, 2.75) is 20.3 Å². The zero-order valence-corrected chi connectivity index (χ0v) is 11.1. The Morgan fingerprint density at radius 1 is 1.19 bits per heavy atom. The lowest BCUT2D eigenvalue weighted by Gasteiger charge is -2.38. The summed E-state index contributed by atoms with van der Waals surface area (Å²) >= 11 is 0. The molecule has 3 nitrogen and oxygen atoms in total. The van der Waals surface area contributed by atoms with Crippen molar-refractivity contribution in [2.24, 2.45) is 11.3 Å². The molecule has 0 aromatic carbocycles. The van der Waals surface area contributed by atoms with Crippen LogP contribution in [0.2, 0.25) is 0 Å². The second-order valence-electron chi connectivity index (χ2n) is 6.26. The highest BCUT2D eigenvalue weighted by atomic mass is 15.2. The van der Waals surface area contributed by atoms with Gasteiger partial charge >= 0.3 is 0 Å². The van der Waals surface area contributed by atoms with E-state index in [0.717, 1.165) is 5.92 Å². The van der Waals surface area contributed by atoms with Crippen molar-refractivity contribution >= 4 is 0 Å². The molecular weight excluding hydrogens is 198 g/mol. The lowest BCUT2D eigenvalue weighted by atomic mass is 9.77. The second kappa shape index (κ2) is 5.03. The van der Waals surface area contributed by atoms with Gasteiger partial charge in [-0.25, -0.2) is 0 Å². The molecule has 16 heavy (non-hydrogen) atoms. The molecule has 2 aliphatic heterocycles. The van der Waals surface area contributed by atoms with Crippen molar-refractivity contribution in [2.75, 3.05) is 52.9 Å². The van der Waals surface area contributed by atoms with Crippen LogP contribution in [0, 0.1) is 11.3 Å². The van der Waals surface area contributed by atoms with Crippen molar-refractivity contribution in [1.82, 2.24) is 15.1 Å². The van der Waals surface area contributed by atoms with E-state index < -0.39 is 0 Å². The predicted molar refractivity (Wildman–Crippen MR) is 68.7 cm³/mol. The summed E-state index contributed by atoms with van der Waals surface area (Å²) < 4.78 is 0. The second-order valence-corrected chi connectivity index (χ2v) is 6.26. The first-order chi connectivity index (χ1) is 7.58. The van der Waals surface area contributed by atoms with E-state index in [2.05, 4.69) is 36.0 Å². The Kier molecular flexibility index (Phi) is 3.88. The highest BCUT2D eigenvalue weighted by Gasteiger charge is 2.35. The summed E-state index contributed by atoms with van der Waals surface area (Å²) in [6, 6.07) is 0. The highest BCUT2D eigenvalue weighted by molar-refractivity contribution is 4.88. The van der Waals surface area contributed by atoms with Crippen LogP contribution >= 0.6 is 0 Å². The van der Waals surface area contributed by atoms with Crippen LogP contribution in [0.3, 0.4) is 0 Å². The normalized spacial score (nSPS) is 29.8. The Morgan fingerprint density at radius 2 is 1.88 bits per heavy atom. The van der Waals surface area contributed by atoms with Gasteiger partial charge in [-0.1, -0.05) is 13.8 Å². The Labute approximate surface area is 100 Å². The van der Waals surface area contributed by atoms with Crippen LogP contribution in [0.5, 0.6) is 0 Å². The summed E-state index contributed by atoms with van der Waals surface area (Å²) in [7, 11) is 2.25. The Morgan fingerprint density at radius 3 is 2.44 bits per heavy atom. The van der Waals surface area contributed by atoms with E-state index >= 15 is 0 Å². The van der Waals surface area contributed by atoms with Gasteiger partial charge in [0.1, 0.15) is 0 Å². The number of rotatable bonds is 3. The molecule has 0 amide bonds. The molecule has 94 valence electrons. The molecule has 0 aromatic heterocycles. The monoisotopic (exact) mass is 225 g/mol. The zero-order chi connectivity index (χ0) is 11.6. The van der Waals surface area contributed by atoms with Crippen molar-refractivity contribution in [3.05, 3.63) is 0 Å². The number of nitrogens with zero attached hydrogens (tertiary/aromatic N) is 2. The number of likely N-dealkylation sites (tertiary alicyclic amines) is 1. The maximum Gasteiger partial charge on any atom is 0.0108 e. The Balaban J connectivity index is 1.85. The summed E-state index contributed by atoms with van der Waals surface area (Å²) in [6.45, 7) is 13.6. The van der Waals surface area contributed by atoms with Gasteiger partial charge in [-0.15, -0.1) is 0 Å². The first-order valence-corrected chi connectivity index (χ1v) is 6.69. The summed E-state index contributed by atoms with van der Waals surface area (Å²) in [5, 5.41) is 3.43. The Bertz CT molecular complexity index is 221. The van der Waals surface area contributed by atoms with Crippen molar-refractivity contribution < 1.29 is 0 Å². The van der Waals surface area contributed by atoms with Gasteiger partial charge in [-0.2, -0.15) is 0 Å². The van der Waals surface area contributed by atoms with Gasteiger partial charge in [0.15, 0.2) is 0 Å². The van der Waals surface area contributed by atoms with Crippen LogP contribution in [0.25, 0.3) is 0 Å². The minimum Gasteiger partial charge on any atom is -0.314 e. The first kappa shape index (κ1) is 12.3. The molecule has 0 aliphatic carbocycles. The molecule has 2 rings (SSSR count). The molecule has 2 fully saturated rings. The molecular formula is C13H27N3. The number of nitrogens with one attached hydrogen (secondary N) is 1. The van der Waals surface area contributed by atoms with Gasteiger partial charge in [0, 0.05) is 39.3 Å². The van der Waals surface area contributed by atoms with Gasteiger partial charge in [-0.3, -0.25) is 0 Å². The molecule has 0 saturated carbocycles. The summed E-state index contributed by atoms with van der Waals surface area (Å²) in [4.78, 5) is 5.11. The molecule has 2 heterocycles. The number of hydrogen-bond acceptors (Lipinski definition) is 3. The molecule has 3 heteroatoms. The third-order valence-electron chi connectivity index (χ3n) is 4.34. The molecule has 1 unspecified atom stereocenters. The predicted octanol–water partition coefficient (Wildman–Crippen LogP) is 0.870. The van der Waals surface area contributed by atoms with Crippen molar-refractivity contribution in [1.29, 1.82) is 0 Å². The lowest BCUT2D eigenvalue weighted by Crippen LogP contribution is -2.48. The molecule has 2 aliphatic rings. The van der Waals surface area contributed by atoms with E-state index in [1.54, 1.807) is 0 Å². The van der Waals surface area contributed by atoms with E-state index in [1.807, 2.05) is 0 Å². The minimum atomic E-state index is 0.474.